The molecular weight excluding hydrogens is 448 g/mol. The van der Waals surface area contributed by atoms with Crippen molar-refractivity contribution in [2.45, 2.75) is 25.7 Å². The molecule has 0 atom stereocenters. The lowest BCUT2D eigenvalue weighted by Gasteiger charge is -2.16. The average molecular weight is 483 g/mol. The van der Waals surface area contributed by atoms with Gasteiger partial charge in [-0.05, 0) is 96.5 Å². The predicted octanol–water partition coefficient (Wildman–Crippen LogP) is 6.96. The van der Waals surface area contributed by atoms with Crippen molar-refractivity contribution in [1.29, 1.82) is 0 Å². The number of aryl methyl sites for hydroxylation is 4. The van der Waals surface area contributed by atoms with Crippen molar-refractivity contribution in [3.8, 4) is 34.1 Å². The van der Waals surface area contributed by atoms with Gasteiger partial charge < -0.3 is 18.9 Å². The zero-order valence-corrected chi connectivity index (χ0v) is 21.5. The summed E-state index contributed by atoms with van der Waals surface area (Å²) in [5.41, 5.74) is 7.09. The molecule has 0 aliphatic rings. The summed E-state index contributed by atoms with van der Waals surface area (Å²) >= 11 is 0. The molecule has 0 saturated heterocycles. The highest BCUT2D eigenvalue weighted by Crippen LogP contribution is 2.38. The molecule has 4 rings (SSSR count). The second kappa shape index (κ2) is 12.2. The minimum atomic E-state index is 0.836. The lowest BCUT2D eigenvalue weighted by atomic mass is 9.95. The van der Waals surface area contributed by atoms with Gasteiger partial charge in [0.25, 0.3) is 0 Å². The lowest BCUT2D eigenvalue weighted by Crippen LogP contribution is -1.98. The van der Waals surface area contributed by atoms with Gasteiger partial charge in [-0.2, -0.15) is 0 Å². The van der Waals surface area contributed by atoms with Crippen LogP contribution in [0.3, 0.4) is 0 Å². The van der Waals surface area contributed by atoms with E-state index in [-0.39, 0.29) is 0 Å². The second-order valence-electron chi connectivity index (χ2n) is 8.77. The van der Waals surface area contributed by atoms with Gasteiger partial charge in [-0.3, -0.25) is 0 Å². The van der Waals surface area contributed by atoms with Crippen molar-refractivity contribution >= 4 is 0 Å². The Morgan fingerprint density at radius 1 is 0.417 bits per heavy atom. The highest BCUT2D eigenvalue weighted by Gasteiger charge is 2.14. The van der Waals surface area contributed by atoms with Gasteiger partial charge in [0.05, 0.1) is 28.4 Å². The van der Waals surface area contributed by atoms with Crippen LogP contribution in [-0.4, -0.2) is 28.4 Å². The van der Waals surface area contributed by atoms with Crippen LogP contribution in [0, 0.1) is 0 Å². The fourth-order valence-corrected chi connectivity index (χ4v) is 4.48. The molecule has 0 aromatic heterocycles. The van der Waals surface area contributed by atoms with Gasteiger partial charge in [0.2, 0.25) is 0 Å². The van der Waals surface area contributed by atoms with Gasteiger partial charge >= 0.3 is 0 Å². The van der Waals surface area contributed by atoms with Crippen molar-refractivity contribution in [1.82, 2.24) is 0 Å². The van der Waals surface area contributed by atoms with Crippen LogP contribution in [-0.2, 0) is 25.7 Å². The number of methoxy groups -OCH3 is 4. The predicted molar refractivity (Wildman–Crippen MR) is 146 cm³/mol. The van der Waals surface area contributed by atoms with E-state index >= 15 is 0 Å². The molecule has 0 aliphatic carbocycles. The van der Waals surface area contributed by atoms with Crippen LogP contribution < -0.4 is 18.9 Å². The van der Waals surface area contributed by atoms with Crippen LogP contribution in [0.2, 0.25) is 0 Å². The van der Waals surface area contributed by atoms with Crippen molar-refractivity contribution in [2.24, 2.45) is 0 Å². The summed E-state index contributed by atoms with van der Waals surface area (Å²) in [7, 11) is 6.84. The van der Waals surface area contributed by atoms with Crippen LogP contribution >= 0.6 is 0 Å². The number of rotatable bonds is 11. The van der Waals surface area contributed by atoms with Gasteiger partial charge in [0, 0.05) is 11.1 Å². The maximum atomic E-state index is 5.76. The summed E-state index contributed by atoms with van der Waals surface area (Å²) in [6, 6.07) is 29.3. The Morgan fingerprint density at radius 3 is 1.17 bits per heavy atom. The van der Waals surface area contributed by atoms with E-state index in [0.717, 1.165) is 59.8 Å². The van der Waals surface area contributed by atoms with Crippen LogP contribution in [0.1, 0.15) is 22.3 Å². The van der Waals surface area contributed by atoms with Crippen LogP contribution in [0.15, 0.2) is 84.9 Å². The number of hydrogen-bond acceptors (Lipinski definition) is 4. The van der Waals surface area contributed by atoms with E-state index in [1.165, 1.54) is 22.3 Å². The Kier molecular flexibility index (Phi) is 8.51. The normalized spacial score (nSPS) is 10.7. The summed E-state index contributed by atoms with van der Waals surface area (Å²) in [4.78, 5) is 0. The topological polar surface area (TPSA) is 36.9 Å². The fourth-order valence-electron chi connectivity index (χ4n) is 4.48. The smallest absolute Gasteiger partial charge is 0.126 e. The van der Waals surface area contributed by atoms with Gasteiger partial charge in [-0.15, -0.1) is 0 Å². The molecule has 0 heterocycles. The number of ether oxygens (including phenoxy) is 4. The zero-order valence-electron chi connectivity index (χ0n) is 21.5. The quantitative estimate of drug-likeness (QED) is 0.232. The first kappa shape index (κ1) is 25.2. The molecule has 0 aliphatic heterocycles. The van der Waals surface area contributed by atoms with Crippen LogP contribution in [0.4, 0.5) is 0 Å². The summed E-state index contributed by atoms with van der Waals surface area (Å²) in [6.07, 6.45) is 3.70. The summed E-state index contributed by atoms with van der Waals surface area (Å²) in [5, 5.41) is 0. The van der Waals surface area contributed by atoms with Crippen molar-refractivity contribution in [2.75, 3.05) is 28.4 Å². The maximum Gasteiger partial charge on any atom is 0.126 e. The Bertz CT molecular complexity index is 1190. The molecule has 36 heavy (non-hydrogen) atoms. The molecular formula is C32H34O4. The summed E-state index contributed by atoms with van der Waals surface area (Å²) < 4.78 is 22.3. The molecule has 4 aromatic carbocycles. The molecule has 0 radical (unpaired) electrons. The fraction of sp³-hybridized carbons (Fsp3) is 0.250. The van der Waals surface area contributed by atoms with E-state index in [4.69, 9.17) is 18.9 Å². The van der Waals surface area contributed by atoms with E-state index in [1.807, 2.05) is 24.3 Å². The Hall–Kier alpha value is -3.92. The van der Waals surface area contributed by atoms with Crippen LogP contribution in [0.25, 0.3) is 11.1 Å². The standard InChI is InChI=1S/C32H34O4/c1-33-27-9-5-7-23(19-27)11-13-25-15-17-31(35-3)29(21-25)30-22-26(16-18-32(30)36-4)14-12-24-8-6-10-28(20-24)34-2/h5-10,15-22H,11-14H2,1-4H3. The third kappa shape index (κ3) is 6.19. The molecule has 186 valence electrons. The minimum Gasteiger partial charge on any atom is -0.497 e. The first-order chi connectivity index (χ1) is 17.6. The molecule has 4 aromatic rings. The Morgan fingerprint density at radius 2 is 0.806 bits per heavy atom. The van der Waals surface area contributed by atoms with Crippen molar-refractivity contribution in [3.63, 3.8) is 0 Å². The van der Waals surface area contributed by atoms with E-state index in [2.05, 4.69) is 60.7 Å². The summed E-state index contributed by atoms with van der Waals surface area (Å²) in [5.74, 6) is 3.45. The average Bonchev–Trinajstić information content (AvgIpc) is 2.94. The number of benzene rings is 4. The van der Waals surface area contributed by atoms with E-state index < -0.39 is 0 Å². The maximum absolute atomic E-state index is 5.76. The van der Waals surface area contributed by atoms with Gasteiger partial charge in [0.15, 0.2) is 0 Å². The minimum absolute atomic E-state index is 0.836. The van der Waals surface area contributed by atoms with Crippen molar-refractivity contribution in [3.05, 3.63) is 107 Å². The molecule has 0 spiro atoms. The molecule has 4 heteroatoms. The van der Waals surface area contributed by atoms with E-state index in [9.17, 15) is 0 Å². The van der Waals surface area contributed by atoms with Gasteiger partial charge in [-0.25, -0.2) is 0 Å². The third-order valence-electron chi connectivity index (χ3n) is 6.49. The highest BCUT2D eigenvalue weighted by molar-refractivity contribution is 5.77. The van der Waals surface area contributed by atoms with Gasteiger partial charge in [-0.1, -0.05) is 36.4 Å². The Balaban J connectivity index is 1.58. The first-order valence-electron chi connectivity index (χ1n) is 12.2. The third-order valence-corrected chi connectivity index (χ3v) is 6.49. The molecule has 0 amide bonds. The molecule has 0 unspecified atom stereocenters. The first-order valence-corrected chi connectivity index (χ1v) is 12.2. The summed E-state index contributed by atoms with van der Waals surface area (Å²) in [6.45, 7) is 0. The molecule has 0 saturated carbocycles. The Labute approximate surface area is 214 Å². The molecule has 0 fully saturated rings. The lowest BCUT2D eigenvalue weighted by molar-refractivity contribution is 0.410. The molecule has 0 bridgehead atoms. The number of hydrogen-bond donors (Lipinski definition) is 0. The van der Waals surface area contributed by atoms with E-state index in [1.54, 1.807) is 28.4 Å². The van der Waals surface area contributed by atoms with E-state index in [0.29, 0.717) is 0 Å². The SMILES string of the molecule is COc1cccc(CCc2ccc(OC)c(-c3cc(CCc4cccc(OC)c4)ccc3OC)c2)c1. The molecule has 0 N–H and O–H groups in total. The van der Waals surface area contributed by atoms with Crippen LogP contribution in [0.5, 0.6) is 23.0 Å². The highest BCUT2D eigenvalue weighted by atomic mass is 16.5. The molecule has 4 nitrogen and oxygen atoms in total. The largest absolute Gasteiger partial charge is 0.497 e. The van der Waals surface area contributed by atoms with Gasteiger partial charge in [0.1, 0.15) is 23.0 Å². The zero-order chi connectivity index (χ0) is 25.3. The second-order valence-corrected chi connectivity index (χ2v) is 8.77. The van der Waals surface area contributed by atoms with Crippen molar-refractivity contribution < 1.29 is 18.9 Å². The monoisotopic (exact) mass is 482 g/mol.